The van der Waals surface area contributed by atoms with E-state index in [2.05, 4.69) is 11.9 Å². The van der Waals surface area contributed by atoms with Crippen LogP contribution in [0.1, 0.15) is 33.1 Å². The molecule has 0 spiro atoms. The Labute approximate surface area is 104 Å². The fourth-order valence-corrected chi connectivity index (χ4v) is 3.00. The van der Waals surface area contributed by atoms with E-state index in [1.54, 1.807) is 0 Å². The summed E-state index contributed by atoms with van der Waals surface area (Å²) in [4.78, 5) is 16.7. The first-order valence-corrected chi connectivity index (χ1v) is 6.77. The summed E-state index contributed by atoms with van der Waals surface area (Å²) in [5.74, 6) is 0.363. The molecule has 0 aromatic rings. The van der Waals surface area contributed by atoms with E-state index in [0.717, 1.165) is 19.5 Å². The van der Waals surface area contributed by atoms with Gasteiger partial charge in [-0.25, -0.2) is 0 Å². The van der Waals surface area contributed by atoms with Crippen LogP contribution in [0.5, 0.6) is 0 Å². The second-order valence-corrected chi connectivity index (χ2v) is 5.89. The van der Waals surface area contributed by atoms with Crippen molar-refractivity contribution < 1.29 is 4.79 Å². The van der Waals surface area contributed by atoms with Gasteiger partial charge in [0.2, 0.25) is 5.91 Å². The van der Waals surface area contributed by atoms with E-state index in [9.17, 15) is 4.79 Å². The lowest BCUT2D eigenvalue weighted by molar-refractivity contribution is -0.133. The fourth-order valence-electron chi connectivity index (χ4n) is 3.00. The highest BCUT2D eigenvalue weighted by atomic mass is 16.2. The summed E-state index contributed by atoms with van der Waals surface area (Å²) in [6.07, 6.45) is 3.62. The number of fused-ring (bicyclic) bond motifs is 2. The molecule has 2 saturated heterocycles. The van der Waals surface area contributed by atoms with Crippen molar-refractivity contribution >= 4 is 5.91 Å². The monoisotopic (exact) mass is 239 g/mol. The van der Waals surface area contributed by atoms with Crippen LogP contribution in [0.15, 0.2) is 0 Å². The molecule has 0 aliphatic carbocycles. The molecule has 0 aromatic heterocycles. The van der Waals surface area contributed by atoms with E-state index >= 15 is 0 Å². The Hall–Kier alpha value is -0.610. The van der Waals surface area contributed by atoms with E-state index in [1.807, 2.05) is 18.7 Å². The molecule has 17 heavy (non-hydrogen) atoms. The summed E-state index contributed by atoms with van der Waals surface area (Å²) in [5.41, 5.74) is 5.97. The first-order valence-electron chi connectivity index (χ1n) is 6.77. The van der Waals surface area contributed by atoms with Gasteiger partial charge in [0.1, 0.15) is 0 Å². The molecule has 2 aliphatic heterocycles. The molecular weight excluding hydrogens is 214 g/mol. The Kier molecular flexibility index (Phi) is 3.73. The number of amides is 1. The number of nitrogens with zero attached hydrogens (tertiary/aromatic N) is 2. The van der Waals surface area contributed by atoms with Crippen LogP contribution >= 0.6 is 0 Å². The van der Waals surface area contributed by atoms with Crippen molar-refractivity contribution in [3.63, 3.8) is 0 Å². The van der Waals surface area contributed by atoms with Crippen LogP contribution in [0, 0.1) is 5.92 Å². The third kappa shape index (κ3) is 2.47. The van der Waals surface area contributed by atoms with Crippen LogP contribution in [0.3, 0.4) is 0 Å². The third-order valence-electron chi connectivity index (χ3n) is 4.46. The maximum atomic E-state index is 12.3. The predicted molar refractivity (Wildman–Crippen MR) is 68.6 cm³/mol. The molecule has 2 N–H and O–H groups in total. The van der Waals surface area contributed by atoms with Crippen molar-refractivity contribution in [3.8, 4) is 0 Å². The first-order chi connectivity index (χ1) is 8.00. The summed E-state index contributed by atoms with van der Waals surface area (Å²) in [6, 6.07) is 0.885. The molecule has 2 rings (SSSR count). The zero-order valence-corrected chi connectivity index (χ0v) is 11.2. The maximum absolute atomic E-state index is 12.3. The van der Waals surface area contributed by atoms with Crippen molar-refractivity contribution in [2.75, 3.05) is 20.1 Å². The van der Waals surface area contributed by atoms with Crippen LogP contribution in [-0.4, -0.2) is 54.0 Å². The van der Waals surface area contributed by atoms with E-state index in [1.165, 1.54) is 12.8 Å². The van der Waals surface area contributed by atoms with Gasteiger partial charge in [0.15, 0.2) is 0 Å². The van der Waals surface area contributed by atoms with Gasteiger partial charge in [-0.1, -0.05) is 13.8 Å². The van der Waals surface area contributed by atoms with Crippen molar-refractivity contribution in [1.29, 1.82) is 0 Å². The molecule has 0 radical (unpaired) electrons. The molecule has 3 atom stereocenters. The Morgan fingerprint density at radius 3 is 2.53 bits per heavy atom. The van der Waals surface area contributed by atoms with Crippen LogP contribution in [0.4, 0.5) is 0 Å². The average Bonchev–Trinajstić information content (AvgIpc) is 2.51. The van der Waals surface area contributed by atoms with Gasteiger partial charge in [-0.3, -0.25) is 9.69 Å². The van der Waals surface area contributed by atoms with Gasteiger partial charge in [-0.05, 0) is 32.2 Å². The van der Waals surface area contributed by atoms with Gasteiger partial charge in [-0.2, -0.15) is 0 Å². The molecule has 4 nitrogen and oxygen atoms in total. The minimum absolute atomic E-state index is 0.140. The molecule has 4 heteroatoms. The van der Waals surface area contributed by atoms with E-state index in [0.29, 0.717) is 12.1 Å². The Balaban J connectivity index is 2.01. The lowest BCUT2D eigenvalue weighted by Crippen LogP contribution is -2.49. The van der Waals surface area contributed by atoms with Gasteiger partial charge in [0.25, 0.3) is 0 Å². The second kappa shape index (κ2) is 4.94. The maximum Gasteiger partial charge on any atom is 0.239 e. The SMILES string of the molecule is CC(C)[C@@H](N)C(=O)N1CCC2CCC(C1)N2C. The predicted octanol–water partition coefficient (Wildman–Crippen LogP) is 0.665. The van der Waals surface area contributed by atoms with E-state index in [-0.39, 0.29) is 17.9 Å². The van der Waals surface area contributed by atoms with E-state index < -0.39 is 0 Å². The number of nitrogens with two attached hydrogens (primary N) is 1. The standard InChI is InChI=1S/C13H25N3O/c1-9(2)12(14)13(17)16-7-6-10-4-5-11(8-16)15(10)3/h9-12H,4-8,14H2,1-3H3/t10?,11?,12-/m1/s1. The summed E-state index contributed by atoms with van der Waals surface area (Å²) in [7, 11) is 2.19. The third-order valence-corrected chi connectivity index (χ3v) is 4.46. The van der Waals surface area contributed by atoms with Crippen molar-refractivity contribution in [1.82, 2.24) is 9.80 Å². The van der Waals surface area contributed by atoms with Crippen molar-refractivity contribution in [2.24, 2.45) is 11.7 Å². The smallest absolute Gasteiger partial charge is 0.239 e. The Morgan fingerprint density at radius 1 is 1.24 bits per heavy atom. The zero-order valence-electron chi connectivity index (χ0n) is 11.2. The molecule has 0 saturated carbocycles. The van der Waals surface area contributed by atoms with Crippen LogP contribution in [-0.2, 0) is 4.79 Å². The largest absolute Gasteiger partial charge is 0.340 e. The summed E-state index contributed by atoms with van der Waals surface area (Å²) in [6.45, 7) is 5.77. The fraction of sp³-hybridized carbons (Fsp3) is 0.923. The van der Waals surface area contributed by atoms with Gasteiger partial charge in [-0.15, -0.1) is 0 Å². The minimum Gasteiger partial charge on any atom is -0.340 e. The Morgan fingerprint density at radius 2 is 1.88 bits per heavy atom. The molecule has 2 bridgehead atoms. The highest BCUT2D eigenvalue weighted by molar-refractivity contribution is 5.82. The van der Waals surface area contributed by atoms with Crippen LogP contribution in [0.2, 0.25) is 0 Å². The molecule has 2 heterocycles. The topological polar surface area (TPSA) is 49.6 Å². The highest BCUT2D eigenvalue weighted by Crippen LogP contribution is 2.28. The first kappa shape index (κ1) is 12.8. The molecule has 2 fully saturated rings. The van der Waals surface area contributed by atoms with Crippen molar-refractivity contribution in [2.45, 2.75) is 51.2 Å². The molecule has 98 valence electrons. The number of carbonyl (C=O) groups excluding carboxylic acids is 1. The molecule has 1 amide bonds. The summed E-state index contributed by atoms with van der Waals surface area (Å²) < 4.78 is 0. The van der Waals surface area contributed by atoms with E-state index in [4.69, 9.17) is 5.73 Å². The van der Waals surface area contributed by atoms with Gasteiger partial charge in [0, 0.05) is 25.2 Å². The summed E-state index contributed by atoms with van der Waals surface area (Å²) >= 11 is 0. The lowest BCUT2D eigenvalue weighted by atomic mass is 10.0. The lowest BCUT2D eigenvalue weighted by Gasteiger charge is -2.29. The number of rotatable bonds is 2. The molecule has 2 unspecified atom stereocenters. The average molecular weight is 239 g/mol. The number of hydrogen-bond acceptors (Lipinski definition) is 3. The molecule has 2 aliphatic rings. The quantitative estimate of drug-likeness (QED) is 0.770. The Bertz CT molecular complexity index is 292. The zero-order chi connectivity index (χ0) is 12.6. The molecular formula is C13H25N3O. The second-order valence-electron chi connectivity index (χ2n) is 5.89. The van der Waals surface area contributed by atoms with Crippen LogP contribution < -0.4 is 5.73 Å². The minimum atomic E-state index is -0.336. The highest BCUT2D eigenvalue weighted by Gasteiger charge is 2.37. The van der Waals surface area contributed by atoms with Gasteiger partial charge >= 0.3 is 0 Å². The van der Waals surface area contributed by atoms with Gasteiger partial charge < -0.3 is 10.6 Å². The normalized spacial score (nSPS) is 31.7. The van der Waals surface area contributed by atoms with Crippen LogP contribution in [0.25, 0.3) is 0 Å². The van der Waals surface area contributed by atoms with Crippen molar-refractivity contribution in [3.05, 3.63) is 0 Å². The number of likely N-dealkylation sites (N-methyl/N-ethyl adjacent to an activating group) is 1. The number of carbonyl (C=O) groups is 1. The summed E-state index contributed by atoms with van der Waals surface area (Å²) in [5, 5.41) is 0. The number of hydrogen-bond donors (Lipinski definition) is 1. The number of likely N-dealkylation sites (tertiary alicyclic amines) is 1. The molecule has 0 aromatic carbocycles. The van der Waals surface area contributed by atoms with Gasteiger partial charge in [0.05, 0.1) is 6.04 Å².